The number of halogens is 2. The summed E-state index contributed by atoms with van der Waals surface area (Å²) in [6, 6.07) is 0. The van der Waals surface area contributed by atoms with Crippen LogP contribution in [0, 0.1) is 0 Å². The lowest BCUT2D eigenvalue weighted by atomic mass is 10.2. The van der Waals surface area contributed by atoms with E-state index in [2.05, 4.69) is 10.3 Å². The summed E-state index contributed by atoms with van der Waals surface area (Å²) in [6.07, 6.45) is -1.30. The number of alkyl halides is 2. The largest absolute Gasteiger partial charge is 0.353 e. The Morgan fingerprint density at radius 3 is 2.43 bits per heavy atom. The molecule has 0 aromatic rings. The number of hydrogen-bond acceptors (Lipinski definition) is 2. The number of allylic oxidation sites excluding steroid dienone is 1. The summed E-state index contributed by atoms with van der Waals surface area (Å²) in [6.45, 7) is 3.29. The highest BCUT2D eigenvalue weighted by Gasteiger charge is 2.09. The monoisotopic (exact) mass is 204 g/mol. The van der Waals surface area contributed by atoms with E-state index < -0.39 is 6.43 Å². The average molecular weight is 204 g/mol. The van der Waals surface area contributed by atoms with Gasteiger partial charge in [-0.3, -0.25) is 9.79 Å². The van der Waals surface area contributed by atoms with Gasteiger partial charge in [-0.25, -0.2) is 8.78 Å². The van der Waals surface area contributed by atoms with Crippen molar-refractivity contribution in [2.45, 2.75) is 20.3 Å². The highest BCUT2D eigenvalue weighted by atomic mass is 19.3. The second-order valence-corrected chi connectivity index (χ2v) is 2.85. The van der Waals surface area contributed by atoms with Crippen molar-refractivity contribution in [1.82, 2.24) is 5.32 Å². The van der Waals surface area contributed by atoms with Crippen molar-refractivity contribution in [3.63, 3.8) is 0 Å². The van der Waals surface area contributed by atoms with E-state index >= 15 is 0 Å². The van der Waals surface area contributed by atoms with Crippen LogP contribution in [0.3, 0.4) is 0 Å². The van der Waals surface area contributed by atoms with Gasteiger partial charge in [0.1, 0.15) is 5.71 Å². The third-order valence-electron chi connectivity index (χ3n) is 1.49. The summed E-state index contributed by atoms with van der Waals surface area (Å²) >= 11 is 0. The van der Waals surface area contributed by atoms with Gasteiger partial charge in [-0.1, -0.05) is 5.57 Å². The Morgan fingerprint density at radius 1 is 1.50 bits per heavy atom. The van der Waals surface area contributed by atoms with Gasteiger partial charge in [0.2, 0.25) is 5.91 Å². The van der Waals surface area contributed by atoms with Crippen molar-refractivity contribution in [1.29, 1.82) is 0 Å². The molecule has 0 heterocycles. The average Bonchev–Trinajstić information content (AvgIpc) is 2.10. The zero-order valence-corrected chi connectivity index (χ0v) is 8.47. The van der Waals surface area contributed by atoms with Crippen LogP contribution in [-0.2, 0) is 4.79 Å². The van der Waals surface area contributed by atoms with Crippen molar-refractivity contribution in [2.24, 2.45) is 4.99 Å². The molecule has 1 N–H and O–H groups in total. The minimum atomic E-state index is -2.58. The van der Waals surface area contributed by atoms with Gasteiger partial charge < -0.3 is 5.32 Å². The summed E-state index contributed by atoms with van der Waals surface area (Å²) in [4.78, 5) is 14.0. The molecule has 0 aromatic heterocycles. The maximum atomic E-state index is 12.2. The third-order valence-corrected chi connectivity index (χ3v) is 1.49. The lowest BCUT2D eigenvalue weighted by Crippen LogP contribution is -2.22. The third kappa shape index (κ3) is 5.40. The molecule has 0 saturated carbocycles. The molecule has 0 rings (SSSR count). The lowest BCUT2D eigenvalue weighted by molar-refractivity contribution is -0.118. The van der Waals surface area contributed by atoms with Crippen LogP contribution in [0.15, 0.2) is 16.6 Å². The molecule has 14 heavy (non-hydrogen) atoms. The van der Waals surface area contributed by atoms with Gasteiger partial charge in [0.05, 0.1) is 0 Å². The molecule has 3 nitrogen and oxygen atoms in total. The van der Waals surface area contributed by atoms with Gasteiger partial charge in [-0.15, -0.1) is 0 Å². The number of aliphatic imine (C=N–C) groups is 1. The summed E-state index contributed by atoms with van der Waals surface area (Å²) in [5, 5.41) is 2.51. The lowest BCUT2D eigenvalue weighted by Gasteiger charge is -2.03. The van der Waals surface area contributed by atoms with Gasteiger partial charge in [0.25, 0.3) is 6.43 Å². The molecule has 1 amide bonds. The molecule has 0 atom stereocenters. The number of nitrogens with one attached hydrogen (secondary N) is 1. The second-order valence-electron chi connectivity index (χ2n) is 2.85. The second kappa shape index (κ2) is 6.23. The highest BCUT2D eigenvalue weighted by molar-refractivity contribution is 5.98. The SMILES string of the molecule is C/N=C(\C=C(/C)CNC(C)=O)C(F)F. The molecule has 0 radical (unpaired) electrons. The molecule has 0 aliphatic heterocycles. The summed E-state index contributed by atoms with van der Waals surface area (Å²) in [5.41, 5.74) is 0.369. The molecule has 0 unspecified atom stereocenters. The van der Waals surface area contributed by atoms with Crippen LogP contribution in [0.25, 0.3) is 0 Å². The zero-order valence-electron chi connectivity index (χ0n) is 8.47. The maximum Gasteiger partial charge on any atom is 0.279 e. The van der Waals surface area contributed by atoms with Gasteiger partial charge >= 0.3 is 0 Å². The predicted molar refractivity (Wildman–Crippen MR) is 51.8 cm³/mol. The standard InChI is InChI=1S/C9H14F2N2O/c1-6(5-13-7(2)14)4-8(12-3)9(10)11/h4,9H,5H2,1-3H3,(H,13,14)/b6-4+,12-8+. The van der Waals surface area contributed by atoms with Crippen LogP contribution in [0.2, 0.25) is 0 Å². The summed E-state index contributed by atoms with van der Waals surface area (Å²) in [5.74, 6) is -0.190. The Labute approximate surface area is 81.9 Å². The number of amides is 1. The van der Waals surface area contributed by atoms with E-state index in [-0.39, 0.29) is 18.2 Å². The molecule has 0 saturated heterocycles. The normalized spacial score (nSPS) is 13.3. The fraction of sp³-hybridized carbons (Fsp3) is 0.556. The highest BCUT2D eigenvalue weighted by Crippen LogP contribution is 2.01. The van der Waals surface area contributed by atoms with Gasteiger partial charge in [-0.2, -0.15) is 0 Å². The number of hydrogen-bond donors (Lipinski definition) is 1. The van der Waals surface area contributed by atoms with Crippen molar-refractivity contribution in [2.75, 3.05) is 13.6 Å². The first kappa shape index (κ1) is 12.7. The molecule has 5 heteroatoms. The summed E-state index contributed by atoms with van der Waals surface area (Å²) in [7, 11) is 1.31. The summed E-state index contributed by atoms with van der Waals surface area (Å²) < 4.78 is 24.4. The quantitative estimate of drug-likeness (QED) is 0.691. The molecule has 0 bridgehead atoms. The van der Waals surface area contributed by atoms with Crippen LogP contribution in [0.4, 0.5) is 8.78 Å². The first-order valence-electron chi connectivity index (χ1n) is 4.13. The molecule has 0 aliphatic rings. The van der Waals surface area contributed by atoms with Crippen molar-refractivity contribution in [3.8, 4) is 0 Å². The predicted octanol–water partition coefficient (Wildman–Crippen LogP) is 1.40. The van der Waals surface area contributed by atoms with E-state index in [4.69, 9.17) is 0 Å². The van der Waals surface area contributed by atoms with Gasteiger partial charge in [-0.05, 0) is 13.0 Å². The minimum absolute atomic E-state index is 0.190. The Balaban J connectivity index is 4.27. The first-order valence-corrected chi connectivity index (χ1v) is 4.13. The molecular weight excluding hydrogens is 190 g/mol. The minimum Gasteiger partial charge on any atom is -0.353 e. The van der Waals surface area contributed by atoms with E-state index in [9.17, 15) is 13.6 Å². The Bertz CT molecular complexity index is 260. The number of carbonyl (C=O) groups excluding carboxylic acids is 1. The maximum absolute atomic E-state index is 12.2. The molecule has 0 aromatic carbocycles. The Hall–Kier alpha value is -1.26. The van der Waals surface area contributed by atoms with Crippen molar-refractivity contribution < 1.29 is 13.6 Å². The first-order chi connectivity index (χ1) is 6.47. The molecule has 0 spiro atoms. The van der Waals surface area contributed by atoms with E-state index in [0.29, 0.717) is 5.57 Å². The molecule has 0 fully saturated rings. The van der Waals surface area contributed by atoms with E-state index in [1.165, 1.54) is 20.0 Å². The number of carbonyl (C=O) groups is 1. The molecular formula is C9H14F2N2O. The van der Waals surface area contributed by atoms with Gasteiger partial charge in [0, 0.05) is 20.5 Å². The van der Waals surface area contributed by atoms with Crippen LogP contribution >= 0.6 is 0 Å². The van der Waals surface area contributed by atoms with E-state index in [0.717, 1.165) is 0 Å². The number of nitrogens with zero attached hydrogens (tertiary/aromatic N) is 1. The van der Waals surface area contributed by atoms with Gasteiger partial charge in [0.15, 0.2) is 0 Å². The molecule has 80 valence electrons. The number of rotatable bonds is 4. The fourth-order valence-electron chi connectivity index (χ4n) is 0.793. The Morgan fingerprint density at radius 2 is 2.07 bits per heavy atom. The van der Waals surface area contributed by atoms with Crippen LogP contribution in [-0.4, -0.2) is 31.6 Å². The smallest absolute Gasteiger partial charge is 0.279 e. The van der Waals surface area contributed by atoms with E-state index in [1.807, 2.05) is 0 Å². The van der Waals surface area contributed by atoms with Crippen molar-refractivity contribution in [3.05, 3.63) is 11.6 Å². The van der Waals surface area contributed by atoms with Crippen LogP contribution in [0.5, 0.6) is 0 Å². The van der Waals surface area contributed by atoms with Crippen LogP contribution < -0.4 is 5.32 Å². The molecule has 0 aliphatic carbocycles. The van der Waals surface area contributed by atoms with Crippen LogP contribution in [0.1, 0.15) is 13.8 Å². The topological polar surface area (TPSA) is 41.5 Å². The zero-order chi connectivity index (χ0) is 11.1. The van der Waals surface area contributed by atoms with E-state index in [1.54, 1.807) is 6.92 Å². The van der Waals surface area contributed by atoms with Crippen molar-refractivity contribution >= 4 is 11.6 Å². The fourth-order valence-corrected chi connectivity index (χ4v) is 0.793. The Kier molecular flexibility index (Phi) is 5.67.